The van der Waals surface area contributed by atoms with Crippen molar-refractivity contribution in [3.63, 3.8) is 0 Å². The Morgan fingerprint density at radius 2 is 1.39 bits per heavy atom. The fourth-order valence-corrected chi connectivity index (χ4v) is 6.76. The highest BCUT2D eigenvalue weighted by atomic mass is 16.6. The lowest BCUT2D eigenvalue weighted by atomic mass is 9.95. The summed E-state index contributed by atoms with van der Waals surface area (Å²) in [4.78, 5) is 88.0. The Morgan fingerprint density at radius 1 is 0.837 bits per heavy atom. The van der Waals surface area contributed by atoms with Crippen molar-refractivity contribution in [3.8, 4) is 12.3 Å². The molecule has 2 rings (SSSR count). The van der Waals surface area contributed by atoms with Gasteiger partial charge in [0.1, 0.15) is 30.3 Å². The highest BCUT2D eigenvalue weighted by Crippen LogP contribution is 2.28. The van der Waals surface area contributed by atoms with Gasteiger partial charge in [-0.1, -0.05) is 62.3 Å². The molecule has 0 saturated carbocycles. The number of cyclic esters (lactones) is 2. The molecular formula is C37H60N4O8. The summed E-state index contributed by atoms with van der Waals surface area (Å²) < 4.78 is 12.0. The van der Waals surface area contributed by atoms with Crippen LogP contribution in [-0.2, 0) is 38.2 Å². The summed E-state index contributed by atoms with van der Waals surface area (Å²) in [5, 5.41) is 2.85. The van der Waals surface area contributed by atoms with E-state index in [1.165, 1.54) is 28.8 Å². The number of carbonyl (C=O) groups is 6. The fraction of sp³-hybridized carbons (Fsp3) is 0.784. The van der Waals surface area contributed by atoms with Crippen LogP contribution in [0.3, 0.4) is 0 Å². The summed E-state index contributed by atoms with van der Waals surface area (Å²) in [6.45, 7) is 16.3. The summed E-state index contributed by atoms with van der Waals surface area (Å²) in [5.41, 5.74) is 0. The number of nitrogens with one attached hydrogen (secondary N) is 1. The third-order valence-corrected chi connectivity index (χ3v) is 10.0. The van der Waals surface area contributed by atoms with Crippen molar-refractivity contribution in [1.29, 1.82) is 0 Å². The van der Waals surface area contributed by atoms with Gasteiger partial charge in [0.15, 0.2) is 6.10 Å². The van der Waals surface area contributed by atoms with E-state index in [9.17, 15) is 28.8 Å². The van der Waals surface area contributed by atoms with Crippen LogP contribution in [0, 0.1) is 41.9 Å². The summed E-state index contributed by atoms with van der Waals surface area (Å²) in [6, 6.07) is -3.95. The lowest BCUT2D eigenvalue weighted by molar-refractivity contribution is -0.172. The molecule has 0 bridgehead atoms. The number of esters is 2. The smallest absolute Gasteiger partial charge is 0.329 e. The van der Waals surface area contributed by atoms with E-state index < -0.39 is 83.8 Å². The van der Waals surface area contributed by atoms with E-state index in [1.54, 1.807) is 55.4 Å². The lowest BCUT2D eigenvalue weighted by Crippen LogP contribution is -2.58. The van der Waals surface area contributed by atoms with Gasteiger partial charge in [-0.2, -0.15) is 0 Å². The van der Waals surface area contributed by atoms with E-state index in [0.29, 0.717) is 32.1 Å². The van der Waals surface area contributed by atoms with Crippen LogP contribution in [0.4, 0.5) is 0 Å². The number of amides is 4. The molecular weight excluding hydrogens is 628 g/mol. The van der Waals surface area contributed by atoms with E-state index in [0.717, 1.165) is 0 Å². The Morgan fingerprint density at radius 3 is 1.90 bits per heavy atom. The van der Waals surface area contributed by atoms with E-state index >= 15 is 0 Å². The molecule has 1 N–H and O–H groups in total. The van der Waals surface area contributed by atoms with Crippen LogP contribution in [0.15, 0.2) is 0 Å². The molecule has 8 atom stereocenters. The lowest BCUT2D eigenvalue weighted by Gasteiger charge is -2.37. The van der Waals surface area contributed by atoms with E-state index in [-0.39, 0.29) is 30.7 Å². The van der Waals surface area contributed by atoms with Crippen molar-refractivity contribution in [1.82, 2.24) is 20.0 Å². The minimum atomic E-state index is -1.20. The molecule has 12 heteroatoms. The second kappa shape index (κ2) is 18.4. The van der Waals surface area contributed by atoms with Gasteiger partial charge in [0.05, 0.1) is 5.92 Å². The van der Waals surface area contributed by atoms with Crippen LogP contribution in [0.25, 0.3) is 0 Å². The quantitative estimate of drug-likeness (QED) is 0.232. The molecule has 2 aliphatic rings. The number of unbranched alkanes of at least 4 members (excludes halogenated alkanes) is 1. The minimum absolute atomic E-state index is 0.287. The van der Waals surface area contributed by atoms with Crippen molar-refractivity contribution >= 4 is 35.6 Å². The van der Waals surface area contributed by atoms with Crippen LogP contribution < -0.4 is 5.32 Å². The SMILES string of the molecule is C#CCCC[C@H]1OC(=O)[C@@H](C(C)C)N(C)C(=O)[C@@H]2CCCN2C(=O)[C@H]([C@@H](C)CC)OC(=O)[C@H](C(C)C)N(C)C(=O)[C@H](C(C)C)NC(=O)[C@H]1C. The van der Waals surface area contributed by atoms with E-state index in [2.05, 4.69) is 11.2 Å². The van der Waals surface area contributed by atoms with Crippen LogP contribution in [0.5, 0.6) is 0 Å². The van der Waals surface area contributed by atoms with Crippen LogP contribution in [0.2, 0.25) is 0 Å². The molecule has 0 radical (unpaired) electrons. The zero-order valence-electron chi connectivity index (χ0n) is 31.5. The molecule has 0 aromatic heterocycles. The van der Waals surface area contributed by atoms with Gasteiger partial charge in [-0.3, -0.25) is 19.2 Å². The zero-order valence-corrected chi connectivity index (χ0v) is 31.5. The highest BCUT2D eigenvalue weighted by Gasteiger charge is 2.46. The average molecular weight is 689 g/mol. The predicted molar refractivity (Wildman–Crippen MR) is 185 cm³/mol. The first-order valence-electron chi connectivity index (χ1n) is 17.9. The van der Waals surface area contributed by atoms with Crippen molar-refractivity contribution in [3.05, 3.63) is 0 Å². The van der Waals surface area contributed by atoms with Gasteiger partial charge in [-0.05, 0) is 49.9 Å². The number of nitrogens with zero attached hydrogens (tertiary/aromatic N) is 3. The normalized spacial score (nSPS) is 29.2. The fourth-order valence-electron chi connectivity index (χ4n) is 6.76. The Bertz CT molecular complexity index is 1240. The molecule has 0 aliphatic carbocycles. The number of hydrogen-bond donors (Lipinski definition) is 1. The molecule has 0 spiro atoms. The van der Waals surface area contributed by atoms with Gasteiger partial charge in [0, 0.05) is 33.0 Å². The third kappa shape index (κ3) is 9.98. The Hall–Kier alpha value is -3.62. The number of ether oxygens (including phenoxy) is 2. The van der Waals surface area contributed by atoms with Gasteiger partial charge in [-0.15, -0.1) is 12.3 Å². The van der Waals surface area contributed by atoms with Crippen molar-refractivity contribution < 1.29 is 38.2 Å². The maximum Gasteiger partial charge on any atom is 0.329 e. The van der Waals surface area contributed by atoms with Gasteiger partial charge in [0.2, 0.25) is 17.7 Å². The Kier molecular flexibility index (Phi) is 15.6. The number of carbonyl (C=O) groups excluding carboxylic acids is 6. The molecule has 0 aromatic rings. The first-order valence-corrected chi connectivity index (χ1v) is 17.9. The van der Waals surface area contributed by atoms with Crippen molar-refractivity contribution in [2.24, 2.45) is 29.6 Å². The molecule has 0 unspecified atom stereocenters. The largest absolute Gasteiger partial charge is 0.460 e. The molecule has 2 saturated heterocycles. The second-order valence-electron chi connectivity index (χ2n) is 14.8. The number of rotatable bonds is 8. The summed E-state index contributed by atoms with van der Waals surface area (Å²) in [6.07, 6.45) is 6.02. The average Bonchev–Trinajstić information content (AvgIpc) is 3.53. The Labute approximate surface area is 293 Å². The molecule has 276 valence electrons. The number of fused-ring (bicyclic) bond motifs is 1. The molecule has 2 heterocycles. The summed E-state index contributed by atoms with van der Waals surface area (Å²) in [7, 11) is 3.01. The van der Waals surface area contributed by atoms with Crippen LogP contribution in [0.1, 0.15) is 101 Å². The maximum absolute atomic E-state index is 14.2. The topological polar surface area (TPSA) is 143 Å². The minimum Gasteiger partial charge on any atom is -0.460 e. The highest BCUT2D eigenvalue weighted by molar-refractivity contribution is 5.95. The van der Waals surface area contributed by atoms with Gasteiger partial charge < -0.3 is 29.5 Å². The van der Waals surface area contributed by atoms with E-state index in [4.69, 9.17) is 15.9 Å². The molecule has 2 aliphatic heterocycles. The van der Waals surface area contributed by atoms with Gasteiger partial charge >= 0.3 is 11.9 Å². The predicted octanol–water partition coefficient (Wildman–Crippen LogP) is 3.41. The molecule has 2 fully saturated rings. The Balaban J connectivity index is 2.74. The molecule has 49 heavy (non-hydrogen) atoms. The summed E-state index contributed by atoms with van der Waals surface area (Å²) in [5.74, 6) is -3.13. The number of terminal acetylenes is 1. The first kappa shape index (κ1) is 41.6. The monoisotopic (exact) mass is 688 g/mol. The van der Waals surface area contributed by atoms with E-state index in [1.807, 2.05) is 6.92 Å². The molecule has 12 nitrogen and oxygen atoms in total. The first-order chi connectivity index (χ1) is 22.9. The molecule has 4 amide bonds. The standard InChI is InChI=1S/C37H60N4O8/c1-13-15-16-19-27-25(10)32(42)38-28(21(3)4)34(44)40(12)30(23(7)8)37(47)49-31(24(9)14-2)35(45)41-20-17-18-26(41)33(43)39(11)29(22(5)6)36(46)48-27/h1,21-31H,14-20H2,2-12H3,(H,38,42)/t24-,25-,26-,27+,28-,29+,30-,31-/m0/s1. The van der Waals surface area contributed by atoms with Crippen LogP contribution >= 0.6 is 0 Å². The zero-order chi connectivity index (χ0) is 37.3. The summed E-state index contributed by atoms with van der Waals surface area (Å²) >= 11 is 0. The maximum atomic E-state index is 14.2. The van der Waals surface area contributed by atoms with Crippen molar-refractivity contribution in [2.45, 2.75) is 137 Å². The second-order valence-corrected chi connectivity index (χ2v) is 14.8. The third-order valence-electron chi connectivity index (χ3n) is 10.0. The van der Waals surface area contributed by atoms with Crippen molar-refractivity contribution in [2.75, 3.05) is 20.6 Å². The number of hydrogen-bond acceptors (Lipinski definition) is 8. The van der Waals surface area contributed by atoms with Gasteiger partial charge in [0.25, 0.3) is 5.91 Å². The number of likely N-dealkylation sites (N-methyl/N-ethyl adjacent to an activating group) is 2. The molecule has 0 aromatic carbocycles. The van der Waals surface area contributed by atoms with Crippen LogP contribution in [-0.4, -0.2) is 107 Å². The van der Waals surface area contributed by atoms with Gasteiger partial charge in [-0.25, -0.2) is 9.59 Å².